The number of nitrogens with one attached hydrogen (secondary N) is 4. The number of thiazole rings is 3. The molecule has 2 fully saturated rings. The number of guanidine groups is 2. The summed E-state index contributed by atoms with van der Waals surface area (Å²) in [6.07, 6.45) is 4.93. The molecule has 66 heavy (non-hydrogen) atoms. The number of pyridine rings is 1. The van der Waals surface area contributed by atoms with Crippen LogP contribution in [0.15, 0.2) is 92.9 Å². The fourth-order valence-electron chi connectivity index (χ4n) is 8.64. The summed E-state index contributed by atoms with van der Waals surface area (Å²) in [5.74, 6) is 2.70. The Labute approximate surface area is 400 Å². The van der Waals surface area contributed by atoms with Gasteiger partial charge in [0.05, 0.1) is 23.9 Å². The van der Waals surface area contributed by atoms with Crippen molar-refractivity contribution in [3.8, 4) is 22.8 Å². The van der Waals surface area contributed by atoms with Crippen LogP contribution in [-0.2, 0) is 28.1 Å². The second-order valence-electron chi connectivity index (χ2n) is 16.7. The van der Waals surface area contributed by atoms with E-state index in [0.29, 0.717) is 43.7 Å². The quantitative estimate of drug-likeness (QED) is 0.0922. The molecule has 2 saturated heterocycles. The maximum atomic E-state index is 13.3. The molecule has 4 aromatic heterocycles. The monoisotopic (exact) mass is 962 g/mol. The Hall–Kier alpha value is -5.66. The number of aliphatic imine (C=N–C) groups is 2. The molecule has 8 heterocycles. The minimum Gasteiger partial charge on any atom is -0.445 e. The molecule has 0 aliphatic carbocycles. The largest absolute Gasteiger partial charge is 0.445 e. The average Bonchev–Trinajstić information content (AvgIpc) is 4.17. The van der Waals surface area contributed by atoms with E-state index in [1.165, 1.54) is 11.3 Å². The van der Waals surface area contributed by atoms with Gasteiger partial charge in [-0.25, -0.2) is 24.7 Å². The lowest BCUT2D eigenvalue weighted by Gasteiger charge is -2.44. The molecule has 4 aliphatic rings. The third-order valence-corrected chi connectivity index (χ3v) is 15.0. The molecule has 15 nitrogen and oxygen atoms in total. The SMILES string of the molecule is O=C(OCc1cccc(CCC2(c3ccc(Cl)cc3)CN(c3cccc(-c4csc(NC5=NCCCN5)n4)n3)CCO2)c1)N1CCC(c2nc(-c3csc(NC4=NCCCN4)n3)cs2)CC1. The van der Waals surface area contributed by atoms with Gasteiger partial charge in [0.1, 0.15) is 35.1 Å². The van der Waals surface area contributed by atoms with Crippen LogP contribution in [0.4, 0.5) is 20.9 Å². The third-order valence-electron chi connectivity index (χ3n) is 12.2. The van der Waals surface area contributed by atoms with E-state index >= 15 is 0 Å². The van der Waals surface area contributed by atoms with Crippen LogP contribution in [-0.4, -0.2) is 102 Å². The molecule has 1 atom stereocenters. The number of likely N-dealkylation sites (tertiary alicyclic amines) is 1. The van der Waals surface area contributed by atoms with Gasteiger partial charge in [-0.3, -0.25) is 9.98 Å². The molecule has 1 amide bonds. The van der Waals surface area contributed by atoms with E-state index in [4.69, 9.17) is 41.0 Å². The first-order valence-corrected chi connectivity index (χ1v) is 25.5. The number of morpholine rings is 1. The summed E-state index contributed by atoms with van der Waals surface area (Å²) in [5.41, 5.74) is 5.90. The van der Waals surface area contributed by atoms with Crippen molar-refractivity contribution in [2.75, 3.05) is 74.5 Å². The molecule has 0 saturated carbocycles. The summed E-state index contributed by atoms with van der Waals surface area (Å²) in [5, 5.41) is 22.6. The van der Waals surface area contributed by atoms with Gasteiger partial charge in [-0.1, -0.05) is 54.1 Å². The Morgan fingerprint density at radius 3 is 2.17 bits per heavy atom. The molecule has 0 bridgehead atoms. The van der Waals surface area contributed by atoms with Gasteiger partial charge in [0.15, 0.2) is 22.2 Å². The van der Waals surface area contributed by atoms with Crippen molar-refractivity contribution in [2.24, 2.45) is 9.98 Å². The van der Waals surface area contributed by atoms with Crippen molar-refractivity contribution in [1.82, 2.24) is 35.5 Å². The molecule has 4 N–H and O–H groups in total. The molecule has 342 valence electrons. The zero-order valence-electron chi connectivity index (χ0n) is 36.4. The van der Waals surface area contributed by atoms with Crippen molar-refractivity contribution in [3.63, 3.8) is 0 Å². The molecule has 4 aliphatic heterocycles. The number of amides is 1. The number of benzene rings is 2. The highest BCUT2D eigenvalue weighted by Crippen LogP contribution is 2.38. The van der Waals surface area contributed by atoms with Gasteiger partial charge in [-0.15, -0.1) is 34.0 Å². The molecule has 0 spiro atoms. The third kappa shape index (κ3) is 10.6. The van der Waals surface area contributed by atoms with Crippen molar-refractivity contribution < 1.29 is 14.3 Å². The minimum absolute atomic E-state index is 0.202. The fraction of sp³-hybridized carbons (Fsp3) is 0.383. The molecular formula is C47H51ClN12O3S3. The highest BCUT2D eigenvalue weighted by Gasteiger charge is 2.39. The Morgan fingerprint density at radius 1 is 0.788 bits per heavy atom. The normalized spacial score (nSPS) is 19.0. The van der Waals surface area contributed by atoms with E-state index in [0.717, 1.165) is 137 Å². The van der Waals surface area contributed by atoms with Crippen molar-refractivity contribution >= 4 is 79.7 Å². The van der Waals surface area contributed by atoms with E-state index in [-0.39, 0.29) is 12.7 Å². The zero-order valence-corrected chi connectivity index (χ0v) is 39.6. The lowest BCUT2D eigenvalue weighted by Crippen LogP contribution is -2.50. The van der Waals surface area contributed by atoms with Crippen molar-refractivity contribution in [2.45, 2.75) is 56.7 Å². The molecule has 0 radical (unpaired) electrons. The molecule has 10 rings (SSSR count). The van der Waals surface area contributed by atoms with Gasteiger partial charge in [0.2, 0.25) is 0 Å². The Bertz CT molecular complexity index is 2680. The number of carbonyl (C=O) groups is 1. The summed E-state index contributed by atoms with van der Waals surface area (Å²) >= 11 is 11.1. The number of rotatable bonds is 12. The molecule has 6 aromatic rings. The number of hydrogen-bond acceptors (Lipinski definition) is 17. The van der Waals surface area contributed by atoms with Crippen molar-refractivity contribution in [1.29, 1.82) is 0 Å². The predicted molar refractivity (Wildman–Crippen MR) is 265 cm³/mol. The van der Waals surface area contributed by atoms with Gasteiger partial charge >= 0.3 is 6.09 Å². The maximum Gasteiger partial charge on any atom is 0.410 e. The fourth-order valence-corrected chi connectivity index (χ4v) is 11.2. The second-order valence-corrected chi connectivity index (χ2v) is 19.7. The number of carbonyl (C=O) groups excluding carboxylic acids is 1. The number of hydrogen-bond donors (Lipinski definition) is 4. The number of nitrogens with zero attached hydrogens (tertiary/aromatic N) is 8. The van der Waals surface area contributed by atoms with Crippen LogP contribution < -0.4 is 26.2 Å². The maximum absolute atomic E-state index is 13.3. The highest BCUT2D eigenvalue weighted by atomic mass is 35.5. The first-order valence-electron chi connectivity index (χ1n) is 22.5. The standard InChI is InChI=1S/C47H51ClN12O3S3/c48-35-11-9-34(10-12-35)47(30-60(23-24-63-47)40-8-2-7-36(53-40)37-28-65-44(55-37)57-42-49-17-3-18-50-42)16-13-31-5-1-6-32(25-31)26-62-46(61)59-21-14-33(15-22-59)41-54-38(27-64-41)39-29-66-45(56-39)58-43-51-19-4-20-52-43/h1-2,5-12,25,27-29,33H,3-4,13-24,26,30H2,(H2,49,50,55,57)(H2,51,52,56,58). The number of halogens is 1. The number of anilines is 3. The van der Waals surface area contributed by atoms with Gasteiger partial charge < -0.3 is 40.5 Å². The second kappa shape index (κ2) is 20.5. The Morgan fingerprint density at radius 2 is 1.45 bits per heavy atom. The van der Waals surface area contributed by atoms with Gasteiger partial charge in [-0.2, -0.15) is 0 Å². The van der Waals surface area contributed by atoms with Gasteiger partial charge in [0.25, 0.3) is 0 Å². The van der Waals surface area contributed by atoms with Crippen LogP contribution in [0.3, 0.4) is 0 Å². The number of ether oxygens (including phenoxy) is 2. The highest BCUT2D eigenvalue weighted by molar-refractivity contribution is 7.14. The van der Waals surface area contributed by atoms with E-state index < -0.39 is 5.60 Å². The van der Waals surface area contributed by atoms with Crippen LogP contribution >= 0.6 is 45.6 Å². The molecule has 19 heteroatoms. The Kier molecular flexibility index (Phi) is 13.7. The average molecular weight is 964 g/mol. The summed E-state index contributed by atoms with van der Waals surface area (Å²) in [6.45, 7) is 6.74. The minimum atomic E-state index is -0.620. The smallest absolute Gasteiger partial charge is 0.410 e. The number of piperidine rings is 1. The molecular weight excluding hydrogens is 912 g/mol. The van der Waals surface area contributed by atoms with Crippen LogP contribution in [0.5, 0.6) is 0 Å². The first kappa shape index (κ1) is 44.2. The van der Waals surface area contributed by atoms with Crippen LogP contribution in [0.2, 0.25) is 5.02 Å². The summed E-state index contributed by atoms with van der Waals surface area (Å²) in [4.78, 5) is 46.1. The lowest BCUT2D eigenvalue weighted by molar-refractivity contribution is -0.0667. The van der Waals surface area contributed by atoms with Gasteiger partial charge in [-0.05, 0) is 79.5 Å². The predicted octanol–water partition coefficient (Wildman–Crippen LogP) is 8.84. The number of aryl methyl sites for hydroxylation is 1. The van der Waals surface area contributed by atoms with E-state index in [1.54, 1.807) is 22.7 Å². The zero-order chi connectivity index (χ0) is 44.7. The Balaban J connectivity index is 0.740. The number of aromatic nitrogens is 4. The summed E-state index contributed by atoms with van der Waals surface area (Å²) in [6, 6.07) is 22.4. The molecule has 1 unspecified atom stereocenters. The van der Waals surface area contributed by atoms with E-state index in [9.17, 15) is 4.79 Å². The lowest BCUT2D eigenvalue weighted by atomic mass is 9.85. The summed E-state index contributed by atoms with van der Waals surface area (Å²) in [7, 11) is 0. The topological polar surface area (TPSA) is 166 Å². The summed E-state index contributed by atoms with van der Waals surface area (Å²) < 4.78 is 12.7. The van der Waals surface area contributed by atoms with Crippen molar-refractivity contribution in [3.05, 3.63) is 110 Å². The van der Waals surface area contributed by atoms with Crippen LogP contribution in [0, 0.1) is 0 Å². The van der Waals surface area contributed by atoms with Gasteiger partial charge in [0, 0.05) is 72.9 Å². The van der Waals surface area contributed by atoms with E-state index in [2.05, 4.69) is 71.9 Å². The van der Waals surface area contributed by atoms with Crippen LogP contribution in [0.1, 0.15) is 59.7 Å². The van der Waals surface area contributed by atoms with Crippen LogP contribution in [0.25, 0.3) is 22.8 Å². The first-order chi connectivity index (χ1) is 32.4. The molecule has 2 aromatic carbocycles. The van der Waals surface area contributed by atoms with E-state index in [1.807, 2.05) is 52.1 Å².